The largest absolute Gasteiger partial charge is 0.356 e. The summed E-state index contributed by atoms with van der Waals surface area (Å²) in [5.41, 5.74) is 2.54. The summed E-state index contributed by atoms with van der Waals surface area (Å²) in [7, 11) is 2.03. The lowest BCUT2D eigenvalue weighted by Crippen LogP contribution is -2.32. The van der Waals surface area contributed by atoms with E-state index in [0.29, 0.717) is 13.0 Å². The fourth-order valence-electron chi connectivity index (χ4n) is 5.23. The Morgan fingerprint density at radius 3 is 2.02 bits per heavy atom. The summed E-state index contributed by atoms with van der Waals surface area (Å²) < 4.78 is 2.07. The lowest BCUT2D eigenvalue weighted by atomic mass is 10.1. The summed E-state index contributed by atoms with van der Waals surface area (Å²) in [6.45, 7) is 15.6. The molecule has 41 heavy (non-hydrogen) atoms. The van der Waals surface area contributed by atoms with Crippen molar-refractivity contribution in [3.05, 3.63) is 71.8 Å². The zero-order valence-corrected chi connectivity index (χ0v) is 25.8. The number of unbranched alkanes of at least 4 members (excludes halogenated alkanes) is 1. The fraction of sp³-hybridized carbons (Fsp3) is 0.594. The maximum absolute atomic E-state index is 12.2. The minimum absolute atomic E-state index is 0.134. The van der Waals surface area contributed by atoms with Crippen LogP contribution in [0.25, 0.3) is 0 Å². The Morgan fingerprint density at radius 2 is 1.46 bits per heavy atom. The standard InChI is InChI=1S/C32H52N8O/c1-5-18-38(19-6-2)20-8-9-21-39(22-14-32(41)33-7-3)24-28-10-12-29(13-11-28)25-40(26-30-34-15-16-35-30)27-31-36-17-23-37(31)4/h10-13,15-17,23H,5-9,14,18-22,24-27H2,1-4H3,(H,33,41)(H,34,35). The number of amides is 1. The SMILES string of the molecule is CCCN(CCC)CCCCN(CCC(=O)NCC)Cc1ccc(CN(Cc2ncc[nH]2)Cc2nccn2C)cc1. The maximum atomic E-state index is 12.2. The van der Waals surface area contributed by atoms with Gasteiger partial charge in [-0.05, 0) is 69.9 Å². The minimum Gasteiger partial charge on any atom is -0.356 e. The van der Waals surface area contributed by atoms with E-state index in [1.165, 1.54) is 43.5 Å². The van der Waals surface area contributed by atoms with Gasteiger partial charge in [0.15, 0.2) is 0 Å². The Labute approximate surface area is 247 Å². The number of nitrogens with one attached hydrogen (secondary N) is 2. The van der Waals surface area contributed by atoms with E-state index < -0.39 is 0 Å². The second kappa shape index (κ2) is 18.4. The highest BCUT2D eigenvalue weighted by molar-refractivity contribution is 5.75. The van der Waals surface area contributed by atoms with Crippen LogP contribution >= 0.6 is 0 Å². The summed E-state index contributed by atoms with van der Waals surface area (Å²) >= 11 is 0. The number of hydrogen-bond acceptors (Lipinski definition) is 6. The van der Waals surface area contributed by atoms with Crippen LogP contribution < -0.4 is 5.32 Å². The van der Waals surface area contributed by atoms with Gasteiger partial charge in [0.2, 0.25) is 5.91 Å². The molecule has 9 nitrogen and oxygen atoms in total. The fourth-order valence-corrected chi connectivity index (χ4v) is 5.23. The lowest BCUT2D eigenvalue weighted by molar-refractivity contribution is -0.121. The highest BCUT2D eigenvalue weighted by Crippen LogP contribution is 2.15. The lowest BCUT2D eigenvalue weighted by Gasteiger charge is -2.24. The number of rotatable bonds is 21. The Kier molecular flexibility index (Phi) is 14.6. The third-order valence-electron chi connectivity index (χ3n) is 7.36. The first-order chi connectivity index (χ1) is 20.0. The van der Waals surface area contributed by atoms with Gasteiger partial charge in [-0.2, -0.15) is 0 Å². The first kappa shape index (κ1) is 32.5. The van der Waals surface area contributed by atoms with E-state index in [1.807, 2.05) is 32.6 Å². The molecule has 9 heteroatoms. The molecule has 3 rings (SSSR count). The zero-order chi connectivity index (χ0) is 29.3. The van der Waals surface area contributed by atoms with Gasteiger partial charge in [0.25, 0.3) is 0 Å². The second-order valence-corrected chi connectivity index (χ2v) is 11.0. The van der Waals surface area contributed by atoms with E-state index in [9.17, 15) is 4.79 Å². The van der Waals surface area contributed by atoms with Gasteiger partial charge in [0, 0.05) is 64.4 Å². The number of benzene rings is 1. The number of aromatic amines is 1. The molecule has 0 fully saturated rings. The first-order valence-corrected chi connectivity index (χ1v) is 15.5. The molecule has 0 radical (unpaired) electrons. The molecular formula is C32H52N8O. The molecule has 1 aromatic carbocycles. The quantitative estimate of drug-likeness (QED) is 0.184. The van der Waals surface area contributed by atoms with Crippen LogP contribution in [-0.4, -0.2) is 79.4 Å². The molecule has 0 aliphatic carbocycles. The van der Waals surface area contributed by atoms with Crippen molar-refractivity contribution in [3.63, 3.8) is 0 Å². The van der Waals surface area contributed by atoms with Crippen LogP contribution in [0.3, 0.4) is 0 Å². The molecule has 2 N–H and O–H groups in total. The van der Waals surface area contributed by atoms with Crippen LogP contribution in [-0.2, 0) is 38.0 Å². The highest BCUT2D eigenvalue weighted by atomic mass is 16.1. The molecule has 2 heterocycles. The average molecular weight is 565 g/mol. The van der Waals surface area contributed by atoms with Crippen LogP contribution in [0.5, 0.6) is 0 Å². The predicted molar refractivity (Wildman–Crippen MR) is 166 cm³/mol. The van der Waals surface area contributed by atoms with E-state index in [-0.39, 0.29) is 5.91 Å². The first-order valence-electron chi connectivity index (χ1n) is 15.5. The topological polar surface area (TPSA) is 85.3 Å². The van der Waals surface area contributed by atoms with Gasteiger partial charge >= 0.3 is 0 Å². The number of H-pyrrole nitrogens is 1. The van der Waals surface area contributed by atoms with Gasteiger partial charge < -0.3 is 19.8 Å². The maximum Gasteiger partial charge on any atom is 0.221 e. The summed E-state index contributed by atoms with van der Waals surface area (Å²) in [5.74, 6) is 2.11. The Balaban J connectivity index is 1.58. The molecule has 0 saturated carbocycles. The van der Waals surface area contributed by atoms with Crippen LogP contribution in [0, 0.1) is 0 Å². The Hall–Kier alpha value is -3.01. The number of hydrogen-bond donors (Lipinski definition) is 2. The van der Waals surface area contributed by atoms with Crippen molar-refractivity contribution in [2.45, 2.75) is 79.1 Å². The summed E-state index contributed by atoms with van der Waals surface area (Å²) in [6, 6.07) is 8.95. The van der Waals surface area contributed by atoms with Gasteiger partial charge in [-0.3, -0.25) is 14.6 Å². The van der Waals surface area contributed by atoms with Gasteiger partial charge in [0.1, 0.15) is 11.6 Å². The van der Waals surface area contributed by atoms with Gasteiger partial charge in [-0.25, -0.2) is 9.97 Å². The molecular weight excluding hydrogens is 512 g/mol. The number of imidazole rings is 2. The summed E-state index contributed by atoms with van der Waals surface area (Å²) in [6.07, 6.45) is 12.8. The zero-order valence-electron chi connectivity index (χ0n) is 25.8. The molecule has 0 atom stereocenters. The van der Waals surface area contributed by atoms with E-state index in [1.54, 1.807) is 6.20 Å². The van der Waals surface area contributed by atoms with Gasteiger partial charge in [0.05, 0.1) is 13.1 Å². The van der Waals surface area contributed by atoms with Crippen molar-refractivity contribution >= 4 is 5.91 Å². The predicted octanol–water partition coefficient (Wildman–Crippen LogP) is 4.58. The van der Waals surface area contributed by atoms with E-state index >= 15 is 0 Å². The molecule has 226 valence electrons. The van der Waals surface area contributed by atoms with Gasteiger partial charge in [-0.1, -0.05) is 38.1 Å². The van der Waals surface area contributed by atoms with Crippen molar-refractivity contribution in [3.8, 4) is 0 Å². The molecule has 1 amide bonds. The molecule has 0 aliphatic rings. The van der Waals surface area contributed by atoms with Crippen molar-refractivity contribution in [2.75, 3.05) is 39.3 Å². The smallest absolute Gasteiger partial charge is 0.221 e. The van der Waals surface area contributed by atoms with E-state index in [4.69, 9.17) is 0 Å². The molecule has 2 aromatic heterocycles. The monoisotopic (exact) mass is 564 g/mol. The molecule has 0 spiro atoms. The molecule has 0 unspecified atom stereocenters. The van der Waals surface area contributed by atoms with Crippen molar-refractivity contribution < 1.29 is 4.79 Å². The third kappa shape index (κ3) is 12.2. The van der Waals surface area contributed by atoms with Crippen LogP contribution in [0.15, 0.2) is 49.1 Å². The van der Waals surface area contributed by atoms with Crippen molar-refractivity contribution in [1.82, 2.24) is 39.5 Å². The highest BCUT2D eigenvalue weighted by Gasteiger charge is 2.14. The molecule has 0 bridgehead atoms. The van der Waals surface area contributed by atoms with E-state index in [2.05, 4.69) is 77.6 Å². The number of aromatic nitrogens is 4. The van der Waals surface area contributed by atoms with Crippen LogP contribution in [0.4, 0.5) is 0 Å². The number of carbonyl (C=O) groups excluding carboxylic acids is 1. The van der Waals surface area contributed by atoms with E-state index in [0.717, 1.165) is 63.9 Å². The van der Waals surface area contributed by atoms with Crippen LogP contribution in [0.1, 0.15) is 75.7 Å². The number of aryl methyl sites for hydroxylation is 1. The third-order valence-corrected chi connectivity index (χ3v) is 7.36. The number of carbonyl (C=O) groups is 1. The van der Waals surface area contributed by atoms with Gasteiger partial charge in [-0.15, -0.1) is 0 Å². The Morgan fingerprint density at radius 1 is 0.805 bits per heavy atom. The van der Waals surface area contributed by atoms with Crippen molar-refractivity contribution in [1.29, 1.82) is 0 Å². The Bertz CT molecular complexity index is 1090. The summed E-state index contributed by atoms with van der Waals surface area (Å²) in [5, 5.41) is 2.95. The average Bonchev–Trinajstić information content (AvgIpc) is 3.62. The molecule has 3 aromatic rings. The van der Waals surface area contributed by atoms with Crippen molar-refractivity contribution in [2.24, 2.45) is 7.05 Å². The molecule has 0 saturated heterocycles. The molecule has 0 aliphatic heterocycles. The van der Waals surface area contributed by atoms with Crippen LogP contribution in [0.2, 0.25) is 0 Å². The minimum atomic E-state index is 0.134. The number of nitrogens with zero attached hydrogens (tertiary/aromatic N) is 6. The summed E-state index contributed by atoms with van der Waals surface area (Å²) in [4.78, 5) is 31.8. The second-order valence-electron chi connectivity index (χ2n) is 11.0. The normalized spacial score (nSPS) is 11.7.